The summed E-state index contributed by atoms with van der Waals surface area (Å²) in [5.41, 5.74) is 0.399. The van der Waals surface area contributed by atoms with Gasteiger partial charge >= 0.3 is 0 Å². The minimum absolute atomic E-state index is 0.399. The molecule has 0 saturated carbocycles. The predicted octanol–water partition coefficient (Wildman–Crippen LogP) is 2.10. The summed E-state index contributed by atoms with van der Waals surface area (Å²) in [4.78, 5) is 2.65. The topological polar surface area (TPSA) is 15.3 Å². The van der Waals surface area contributed by atoms with E-state index in [2.05, 4.69) is 44.8 Å². The molecule has 0 bridgehead atoms. The first-order valence-corrected chi connectivity index (χ1v) is 5.89. The Kier molecular flexibility index (Phi) is 3.96. The van der Waals surface area contributed by atoms with Gasteiger partial charge in [-0.3, -0.25) is 4.90 Å². The number of rotatable bonds is 1. The maximum absolute atomic E-state index is 3.49. The standard InChI is InChI=1S/C12H26N2/c1-10(2)14-9-8-13-7-6-11(14)12(3,4)5/h10-11,13H,6-9H2,1-5H3/t11-/m0/s1. The second-order valence-corrected chi connectivity index (χ2v) is 5.75. The van der Waals surface area contributed by atoms with Crippen molar-refractivity contribution in [3.8, 4) is 0 Å². The highest BCUT2D eigenvalue weighted by Crippen LogP contribution is 2.28. The van der Waals surface area contributed by atoms with Gasteiger partial charge in [-0.05, 0) is 32.2 Å². The second-order valence-electron chi connectivity index (χ2n) is 5.75. The molecule has 1 atom stereocenters. The minimum Gasteiger partial charge on any atom is -0.315 e. The maximum Gasteiger partial charge on any atom is 0.0159 e. The van der Waals surface area contributed by atoms with E-state index < -0.39 is 0 Å². The van der Waals surface area contributed by atoms with Gasteiger partial charge in [0.15, 0.2) is 0 Å². The lowest BCUT2D eigenvalue weighted by molar-refractivity contribution is 0.0768. The van der Waals surface area contributed by atoms with E-state index in [9.17, 15) is 0 Å². The Morgan fingerprint density at radius 2 is 1.86 bits per heavy atom. The Bertz CT molecular complexity index is 170. The van der Waals surface area contributed by atoms with E-state index in [1.54, 1.807) is 0 Å². The zero-order chi connectivity index (χ0) is 10.8. The van der Waals surface area contributed by atoms with Crippen molar-refractivity contribution in [2.75, 3.05) is 19.6 Å². The Morgan fingerprint density at radius 1 is 1.21 bits per heavy atom. The molecule has 0 aromatic carbocycles. The second kappa shape index (κ2) is 4.63. The summed E-state index contributed by atoms with van der Waals surface area (Å²) in [6, 6.07) is 1.39. The molecule has 0 radical (unpaired) electrons. The highest BCUT2D eigenvalue weighted by Gasteiger charge is 2.32. The van der Waals surface area contributed by atoms with Crippen molar-refractivity contribution in [1.29, 1.82) is 0 Å². The Labute approximate surface area is 89.1 Å². The molecule has 2 heteroatoms. The summed E-state index contributed by atoms with van der Waals surface area (Å²) in [5, 5.41) is 3.49. The third-order valence-corrected chi connectivity index (χ3v) is 3.20. The quantitative estimate of drug-likeness (QED) is 0.694. The van der Waals surface area contributed by atoms with Crippen LogP contribution >= 0.6 is 0 Å². The van der Waals surface area contributed by atoms with Gasteiger partial charge in [0.2, 0.25) is 0 Å². The van der Waals surface area contributed by atoms with Crippen LogP contribution < -0.4 is 5.32 Å². The van der Waals surface area contributed by atoms with Gasteiger partial charge in [0.1, 0.15) is 0 Å². The van der Waals surface area contributed by atoms with Crippen LogP contribution in [-0.4, -0.2) is 36.6 Å². The van der Waals surface area contributed by atoms with Gasteiger partial charge in [-0.2, -0.15) is 0 Å². The van der Waals surface area contributed by atoms with Crippen LogP contribution in [0, 0.1) is 5.41 Å². The first-order chi connectivity index (χ1) is 6.43. The lowest BCUT2D eigenvalue weighted by atomic mass is 9.83. The molecule has 1 fully saturated rings. The molecule has 1 N–H and O–H groups in total. The van der Waals surface area contributed by atoms with Gasteiger partial charge in [0.25, 0.3) is 0 Å². The van der Waals surface area contributed by atoms with Crippen LogP contribution in [0.2, 0.25) is 0 Å². The summed E-state index contributed by atoms with van der Waals surface area (Å²) in [7, 11) is 0. The fourth-order valence-electron chi connectivity index (χ4n) is 2.44. The molecule has 1 saturated heterocycles. The van der Waals surface area contributed by atoms with Crippen LogP contribution in [0.1, 0.15) is 41.0 Å². The lowest BCUT2D eigenvalue weighted by Gasteiger charge is -2.41. The number of nitrogens with one attached hydrogen (secondary N) is 1. The minimum atomic E-state index is 0.399. The largest absolute Gasteiger partial charge is 0.315 e. The van der Waals surface area contributed by atoms with E-state index in [0.717, 1.165) is 12.6 Å². The van der Waals surface area contributed by atoms with Crippen molar-refractivity contribution >= 4 is 0 Å². The maximum atomic E-state index is 3.49. The van der Waals surface area contributed by atoms with E-state index >= 15 is 0 Å². The molecule has 0 unspecified atom stereocenters. The molecule has 1 aliphatic rings. The van der Waals surface area contributed by atoms with Crippen LogP contribution in [-0.2, 0) is 0 Å². The first-order valence-electron chi connectivity index (χ1n) is 5.89. The van der Waals surface area contributed by atoms with Crippen LogP contribution in [0.25, 0.3) is 0 Å². The average molecular weight is 198 g/mol. The first kappa shape index (κ1) is 12.0. The molecular formula is C12H26N2. The highest BCUT2D eigenvalue weighted by atomic mass is 15.2. The molecule has 0 amide bonds. The monoisotopic (exact) mass is 198 g/mol. The summed E-state index contributed by atoms with van der Waals surface area (Å²) in [5.74, 6) is 0. The molecule has 84 valence electrons. The zero-order valence-corrected chi connectivity index (χ0v) is 10.4. The molecule has 0 spiro atoms. The van der Waals surface area contributed by atoms with Gasteiger partial charge < -0.3 is 5.32 Å². The third-order valence-electron chi connectivity index (χ3n) is 3.20. The van der Waals surface area contributed by atoms with Crippen LogP contribution in [0.4, 0.5) is 0 Å². The van der Waals surface area contributed by atoms with Crippen molar-refractivity contribution in [2.24, 2.45) is 5.41 Å². The van der Waals surface area contributed by atoms with E-state index in [0.29, 0.717) is 11.5 Å². The fourth-order valence-corrected chi connectivity index (χ4v) is 2.44. The predicted molar refractivity (Wildman–Crippen MR) is 62.6 cm³/mol. The Hall–Kier alpha value is -0.0800. The number of hydrogen-bond donors (Lipinski definition) is 1. The summed E-state index contributed by atoms with van der Waals surface area (Å²) < 4.78 is 0. The number of hydrogen-bond acceptors (Lipinski definition) is 2. The Morgan fingerprint density at radius 3 is 2.36 bits per heavy atom. The van der Waals surface area contributed by atoms with E-state index in [4.69, 9.17) is 0 Å². The molecular weight excluding hydrogens is 172 g/mol. The highest BCUT2D eigenvalue weighted by molar-refractivity contribution is 4.87. The molecule has 1 rings (SSSR count). The van der Waals surface area contributed by atoms with Crippen LogP contribution in [0.15, 0.2) is 0 Å². The van der Waals surface area contributed by atoms with Gasteiger partial charge in [0, 0.05) is 25.2 Å². The molecule has 2 nitrogen and oxygen atoms in total. The smallest absolute Gasteiger partial charge is 0.0159 e. The number of nitrogens with zero attached hydrogens (tertiary/aromatic N) is 1. The molecule has 14 heavy (non-hydrogen) atoms. The summed E-state index contributed by atoms with van der Waals surface area (Å²) >= 11 is 0. The van der Waals surface area contributed by atoms with E-state index in [1.807, 2.05) is 0 Å². The fraction of sp³-hybridized carbons (Fsp3) is 1.00. The molecule has 1 aliphatic heterocycles. The van der Waals surface area contributed by atoms with Crippen LogP contribution in [0.5, 0.6) is 0 Å². The molecule has 0 aromatic heterocycles. The van der Waals surface area contributed by atoms with Crippen molar-refractivity contribution in [2.45, 2.75) is 53.1 Å². The van der Waals surface area contributed by atoms with E-state index in [1.165, 1.54) is 19.5 Å². The lowest BCUT2D eigenvalue weighted by Crippen LogP contribution is -2.47. The van der Waals surface area contributed by atoms with Gasteiger partial charge in [-0.25, -0.2) is 0 Å². The molecule has 1 heterocycles. The molecule has 0 aliphatic carbocycles. The van der Waals surface area contributed by atoms with Crippen LogP contribution in [0.3, 0.4) is 0 Å². The van der Waals surface area contributed by atoms with Crippen molar-refractivity contribution in [1.82, 2.24) is 10.2 Å². The molecule has 0 aromatic rings. The van der Waals surface area contributed by atoms with Crippen molar-refractivity contribution < 1.29 is 0 Å². The summed E-state index contributed by atoms with van der Waals surface area (Å²) in [6.45, 7) is 15.2. The average Bonchev–Trinajstić information content (AvgIpc) is 2.26. The Balaban J connectivity index is 2.74. The zero-order valence-electron chi connectivity index (χ0n) is 10.4. The van der Waals surface area contributed by atoms with Crippen molar-refractivity contribution in [3.05, 3.63) is 0 Å². The van der Waals surface area contributed by atoms with Gasteiger partial charge in [0.05, 0.1) is 0 Å². The SMILES string of the molecule is CC(C)N1CCNCC[C@H]1C(C)(C)C. The van der Waals surface area contributed by atoms with Gasteiger partial charge in [-0.15, -0.1) is 0 Å². The third kappa shape index (κ3) is 2.96. The summed E-state index contributed by atoms with van der Waals surface area (Å²) in [6.07, 6.45) is 1.28. The van der Waals surface area contributed by atoms with Crippen molar-refractivity contribution in [3.63, 3.8) is 0 Å². The van der Waals surface area contributed by atoms with E-state index in [-0.39, 0.29) is 0 Å². The van der Waals surface area contributed by atoms with Gasteiger partial charge in [-0.1, -0.05) is 20.8 Å². The normalized spacial score (nSPS) is 26.6.